The van der Waals surface area contributed by atoms with Crippen molar-refractivity contribution in [3.8, 4) is 5.88 Å². The first kappa shape index (κ1) is 14.7. The zero-order chi connectivity index (χ0) is 15.2. The lowest BCUT2D eigenvalue weighted by atomic mass is 10.2. The minimum Gasteiger partial charge on any atom is -0.478 e. The lowest BCUT2D eigenvalue weighted by Gasteiger charge is -2.35. The van der Waals surface area contributed by atoms with E-state index in [4.69, 9.17) is 4.74 Å². The molecule has 0 spiro atoms. The molecule has 0 bridgehead atoms. The molecule has 6 heteroatoms. The molecule has 3 rings (SSSR count). The van der Waals surface area contributed by atoms with Gasteiger partial charge in [-0.05, 0) is 19.1 Å². The number of rotatable bonds is 5. The van der Waals surface area contributed by atoms with Gasteiger partial charge in [-0.25, -0.2) is 9.97 Å². The van der Waals surface area contributed by atoms with Gasteiger partial charge in [0.2, 0.25) is 5.88 Å². The average Bonchev–Trinajstić information content (AvgIpc) is 2.57. The van der Waals surface area contributed by atoms with Crippen LogP contribution < -0.4 is 9.64 Å². The van der Waals surface area contributed by atoms with E-state index in [2.05, 4.69) is 30.8 Å². The number of aromatic nitrogens is 3. The Morgan fingerprint density at radius 2 is 1.95 bits per heavy atom. The first-order valence-electron chi connectivity index (χ1n) is 7.67. The first-order chi connectivity index (χ1) is 10.8. The third-order valence-corrected chi connectivity index (χ3v) is 3.73. The lowest BCUT2D eigenvalue weighted by molar-refractivity contribution is 0.246. The Labute approximate surface area is 130 Å². The second-order valence-electron chi connectivity index (χ2n) is 5.23. The molecular weight excluding hydrogens is 278 g/mol. The van der Waals surface area contributed by atoms with Crippen LogP contribution >= 0.6 is 0 Å². The maximum absolute atomic E-state index is 5.44. The molecule has 1 saturated heterocycles. The molecule has 0 radical (unpaired) electrons. The molecule has 2 aromatic rings. The summed E-state index contributed by atoms with van der Waals surface area (Å²) in [5, 5.41) is 0. The molecule has 0 unspecified atom stereocenters. The summed E-state index contributed by atoms with van der Waals surface area (Å²) in [5.41, 5.74) is 1.12. The number of piperazine rings is 1. The zero-order valence-corrected chi connectivity index (χ0v) is 12.9. The third-order valence-electron chi connectivity index (χ3n) is 3.73. The van der Waals surface area contributed by atoms with Crippen molar-refractivity contribution in [2.24, 2.45) is 0 Å². The molecule has 0 N–H and O–H groups in total. The monoisotopic (exact) mass is 299 g/mol. The summed E-state index contributed by atoms with van der Waals surface area (Å²) < 4.78 is 5.44. The Bertz CT molecular complexity index is 584. The summed E-state index contributed by atoms with van der Waals surface area (Å²) in [4.78, 5) is 17.6. The summed E-state index contributed by atoms with van der Waals surface area (Å²) in [5.74, 6) is 1.58. The largest absolute Gasteiger partial charge is 0.478 e. The van der Waals surface area contributed by atoms with Crippen molar-refractivity contribution in [2.45, 2.75) is 13.5 Å². The van der Waals surface area contributed by atoms with Crippen molar-refractivity contribution in [1.29, 1.82) is 0 Å². The Morgan fingerprint density at radius 1 is 1.09 bits per heavy atom. The number of anilines is 1. The van der Waals surface area contributed by atoms with E-state index >= 15 is 0 Å². The Balaban J connectivity index is 1.56. The summed E-state index contributed by atoms with van der Waals surface area (Å²) >= 11 is 0. The molecule has 0 saturated carbocycles. The normalized spacial score (nSPS) is 15.8. The fourth-order valence-corrected chi connectivity index (χ4v) is 2.59. The van der Waals surface area contributed by atoms with Gasteiger partial charge in [0.1, 0.15) is 12.1 Å². The molecule has 0 aliphatic carbocycles. The van der Waals surface area contributed by atoms with Crippen LogP contribution in [-0.4, -0.2) is 52.6 Å². The third kappa shape index (κ3) is 3.71. The Morgan fingerprint density at radius 3 is 2.68 bits per heavy atom. The summed E-state index contributed by atoms with van der Waals surface area (Å²) in [6, 6.07) is 7.98. The molecule has 3 heterocycles. The van der Waals surface area contributed by atoms with Gasteiger partial charge >= 0.3 is 0 Å². The van der Waals surface area contributed by atoms with Crippen LogP contribution in [0.25, 0.3) is 0 Å². The molecule has 1 aliphatic heterocycles. The number of ether oxygens (including phenoxy) is 1. The summed E-state index contributed by atoms with van der Waals surface area (Å²) in [7, 11) is 0. The van der Waals surface area contributed by atoms with Gasteiger partial charge in [-0.2, -0.15) is 0 Å². The Kier molecular flexibility index (Phi) is 4.80. The van der Waals surface area contributed by atoms with E-state index < -0.39 is 0 Å². The lowest BCUT2D eigenvalue weighted by Crippen LogP contribution is -2.46. The Hall–Kier alpha value is -2.21. The van der Waals surface area contributed by atoms with Gasteiger partial charge in [-0.3, -0.25) is 9.88 Å². The highest BCUT2D eigenvalue weighted by Gasteiger charge is 2.18. The van der Waals surface area contributed by atoms with Gasteiger partial charge in [0.15, 0.2) is 0 Å². The standard InChI is InChI=1S/C16H21N5O/c1-2-22-16-11-15(18-13-19-16)21-9-7-20(8-10-21)12-14-5-3-4-6-17-14/h3-6,11,13H,2,7-10,12H2,1H3. The summed E-state index contributed by atoms with van der Waals surface area (Å²) in [6.07, 6.45) is 3.42. The zero-order valence-electron chi connectivity index (χ0n) is 12.9. The molecule has 0 aromatic carbocycles. The topological polar surface area (TPSA) is 54.4 Å². The minimum atomic E-state index is 0.619. The smallest absolute Gasteiger partial charge is 0.218 e. The van der Waals surface area contributed by atoms with Crippen LogP contribution in [0.15, 0.2) is 36.8 Å². The highest BCUT2D eigenvalue weighted by molar-refractivity contribution is 5.41. The van der Waals surface area contributed by atoms with E-state index in [1.165, 1.54) is 0 Å². The van der Waals surface area contributed by atoms with Crippen LogP contribution in [0.4, 0.5) is 5.82 Å². The van der Waals surface area contributed by atoms with Crippen molar-refractivity contribution in [1.82, 2.24) is 19.9 Å². The number of pyridine rings is 1. The van der Waals surface area contributed by atoms with E-state index in [1.54, 1.807) is 6.33 Å². The molecule has 2 aromatic heterocycles. The highest BCUT2D eigenvalue weighted by Crippen LogP contribution is 2.18. The van der Waals surface area contributed by atoms with Crippen LogP contribution in [0.1, 0.15) is 12.6 Å². The molecule has 0 atom stereocenters. The average molecular weight is 299 g/mol. The molecule has 116 valence electrons. The quantitative estimate of drug-likeness (QED) is 0.836. The van der Waals surface area contributed by atoms with Gasteiger partial charge in [-0.1, -0.05) is 6.07 Å². The van der Waals surface area contributed by atoms with E-state index in [0.717, 1.165) is 44.2 Å². The van der Waals surface area contributed by atoms with Crippen molar-refractivity contribution >= 4 is 5.82 Å². The van der Waals surface area contributed by atoms with Gasteiger partial charge in [0, 0.05) is 45.0 Å². The molecule has 22 heavy (non-hydrogen) atoms. The maximum Gasteiger partial charge on any atom is 0.218 e. The van der Waals surface area contributed by atoms with Crippen LogP contribution in [-0.2, 0) is 6.54 Å². The van der Waals surface area contributed by atoms with Crippen molar-refractivity contribution in [3.05, 3.63) is 42.5 Å². The van der Waals surface area contributed by atoms with Crippen molar-refractivity contribution in [2.75, 3.05) is 37.7 Å². The van der Waals surface area contributed by atoms with Crippen LogP contribution in [0, 0.1) is 0 Å². The van der Waals surface area contributed by atoms with E-state index in [9.17, 15) is 0 Å². The molecule has 0 amide bonds. The molecule has 1 fully saturated rings. The summed E-state index contributed by atoms with van der Waals surface area (Å²) in [6.45, 7) is 7.40. The van der Waals surface area contributed by atoms with Gasteiger partial charge in [-0.15, -0.1) is 0 Å². The predicted octanol–water partition coefficient (Wildman–Crippen LogP) is 1.59. The SMILES string of the molecule is CCOc1cc(N2CCN(Cc3ccccn3)CC2)ncn1. The second-order valence-corrected chi connectivity index (χ2v) is 5.23. The van der Waals surface area contributed by atoms with E-state index in [0.29, 0.717) is 12.5 Å². The predicted molar refractivity (Wildman–Crippen MR) is 84.9 cm³/mol. The van der Waals surface area contributed by atoms with Crippen LogP contribution in [0.5, 0.6) is 5.88 Å². The maximum atomic E-state index is 5.44. The van der Waals surface area contributed by atoms with Crippen molar-refractivity contribution in [3.63, 3.8) is 0 Å². The van der Waals surface area contributed by atoms with Gasteiger partial charge in [0.05, 0.1) is 12.3 Å². The van der Waals surface area contributed by atoms with Gasteiger partial charge < -0.3 is 9.64 Å². The number of hydrogen-bond donors (Lipinski definition) is 0. The second kappa shape index (κ2) is 7.17. The number of nitrogens with zero attached hydrogens (tertiary/aromatic N) is 5. The van der Waals surface area contributed by atoms with Crippen LogP contribution in [0.2, 0.25) is 0 Å². The van der Waals surface area contributed by atoms with E-state index in [-0.39, 0.29) is 0 Å². The first-order valence-corrected chi connectivity index (χ1v) is 7.67. The van der Waals surface area contributed by atoms with E-state index in [1.807, 2.05) is 31.3 Å². The van der Waals surface area contributed by atoms with Crippen molar-refractivity contribution < 1.29 is 4.74 Å². The van der Waals surface area contributed by atoms with Gasteiger partial charge in [0.25, 0.3) is 0 Å². The molecule has 1 aliphatic rings. The fraction of sp³-hybridized carbons (Fsp3) is 0.438. The molecule has 6 nitrogen and oxygen atoms in total. The van der Waals surface area contributed by atoms with Crippen LogP contribution in [0.3, 0.4) is 0 Å². The molecular formula is C16H21N5O. The number of hydrogen-bond acceptors (Lipinski definition) is 6. The minimum absolute atomic E-state index is 0.619. The highest BCUT2D eigenvalue weighted by atomic mass is 16.5. The fourth-order valence-electron chi connectivity index (χ4n) is 2.59.